The first-order chi connectivity index (χ1) is 8.58. The molecule has 0 saturated heterocycles. The molecule has 94 valence electrons. The maximum absolute atomic E-state index is 6.07. The topological polar surface area (TPSA) is 38.0 Å². The Kier molecular flexibility index (Phi) is 4.23. The predicted molar refractivity (Wildman–Crippen MR) is 79.7 cm³/mol. The predicted octanol–water partition coefficient (Wildman–Crippen LogP) is 4.84. The Labute approximate surface area is 121 Å². The zero-order chi connectivity index (χ0) is 13.1. The van der Waals surface area contributed by atoms with Gasteiger partial charge >= 0.3 is 0 Å². The van der Waals surface area contributed by atoms with Gasteiger partial charge in [0.25, 0.3) is 0 Å². The van der Waals surface area contributed by atoms with E-state index < -0.39 is 0 Å². The van der Waals surface area contributed by atoms with Crippen molar-refractivity contribution in [2.24, 2.45) is 0 Å². The van der Waals surface area contributed by atoms with Crippen molar-refractivity contribution in [2.45, 2.75) is 6.54 Å². The molecule has 0 unspecified atom stereocenters. The van der Waals surface area contributed by atoms with Crippen molar-refractivity contribution in [3.8, 4) is 0 Å². The summed E-state index contributed by atoms with van der Waals surface area (Å²) in [6.45, 7) is 0.574. The Morgan fingerprint density at radius 2 is 1.61 bits per heavy atom. The maximum Gasteiger partial charge on any atom is 0.0653 e. The molecule has 18 heavy (non-hydrogen) atoms. The number of hydrogen-bond acceptors (Lipinski definition) is 2. The lowest BCUT2D eigenvalue weighted by Crippen LogP contribution is -2.03. The molecule has 5 heteroatoms. The fraction of sp³-hybridized carbons (Fsp3) is 0.0769. The third-order valence-electron chi connectivity index (χ3n) is 2.53. The number of nitrogen functional groups attached to an aromatic ring is 1. The van der Waals surface area contributed by atoms with Crippen molar-refractivity contribution >= 4 is 46.2 Å². The molecule has 0 fully saturated rings. The lowest BCUT2D eigenvalue weighted by atomic mass is 10.2. The summed E-state index contributed by atoms with van der Waals surface area (Å²) in [5.41, 5.74) is 8.32. The third-order valence-corrected chi connectivity index (χ3v) is 3.57. The molecule has 0 saturated carbocycles. The van der Waals surface area contributed by atoms with Gasteiger partial charge in [0.15, 0.2) is 0 Å². The molecule has 0 bridgehead atoms. The summed E-state index contributed by atoms with van der Waals surface area (Å²) in [6, 6.07) is 10.9. The first kappa shape index (κ1) is 13.3. The van der Waals surface area contributed by atoms with Crippen LogP contribution in [-0.2, 0) is 6.54 Å². The molecule has 0 amide bonds. The van der Waals surface area contributed by atoms with Gasteiger partial charge in [0.2, 0.25) is 0 Å². The fourth-order valence-electron chi connectivity index (χ4n) is 1.54. The van der Waals surface area contributed by atoms with Crippen LogP contribution in [0.2, 0.25) is 15.1 Å². The Bertz CT molecular complexity index is 570. The molecule has 0 radical (unpaired) electrons. The van der Waals surface area contributed by atoms with E-state index in [1.54, 1.807) is 12.1 Å². The van der Waals surface area contributed by atoms with Crippen LogP contribution in [0.25, 0.3) is 0 Å². The average molecular weight is 302 g/mol. The fourth-order valence-corrected chi connectivity index (χ4v) is 2.16. The van der Waals surface area contributed by atoms with Crippen LogP contribution < -0.4 is 11.1 Å². The lowest BCUT2D eigenvalue weighted by Gasteiger charge is -2.11. The minimum absolute atomic E-state index is 0.437. The highest BCUT2D eigenvalue weighted by Crippen LogP contribution is 2.32. The first-order valence-electron chi connectivity index (χ1n) is 5.29. The van der Waals surface area contributed by atoms with E-state index in [2.05, 4.69) is 5.32 Å². The number of halogens is 3. The van der Waals surface area contributed by atoms with Gasteiger partial charge in [-0.05, 0) is 23.8 Å². The summed E-state index contributed by atoms with van der Waals surface area (Å²) >= 11 is 17.9. The van der Waals surface area contributed by atoms with E-state index in [4.69, 9.17) is 40.5 Å². The summed E-state index contributed by atoms with van der Waals surface area (Å²) in [5.74, 6) is 0. The molecule has 2 nitrogen and oxygen atoms in total. The molecular formula is C13H11Cl3N2. The molecule has 0 atom stereocenters. The highest BCUT2D eigenvalue weighted by Gasteiger charge is 2.06. The summed E-state index contributed by atoms with van der Waals surface area (Å²) < 4.78 is 0. The molecule has 3 N–H and O–H groups in total. The van der Waals surface area contributed by atoms with Gasteiger partial charge in [0, 0.05) is 12.2 Å². The lowest BCUT2D eigenvalue weighted by molar-refractivity contribution is 1.15. The molecule has 0 heterocycles. The van der Waals surface area contributed by atoms with E-state index in [9.17, 15) is 0 Å². The summed E-state index contributed by atoms with van der Waals surface area (Å²) in [4.78, 5) is 0. The standard InChI is InChI=1S/C13H11Cl3N2/c14-9-5-11(16)13(6-10(9)15)18-7-8-3-1-2-4-12(8)17/h1-6,18H,7,17H2. The van der Waals surface area contributed by atoms with Crippen LogP contribution in [-0.4, -0.2) is 0 Å². The van der Waals surface area contributed by atoms with Crippen molar-refractivity contribution in [1.29, 1.82) is 0 Å². The van der Waals surface area contributed by atoms with Gasteiger partial charge in [-0.15, -0.1) is 0 Å². The van der Waals surface area contributed by atoms with Crippen molar-refractivity contribution in [3.63, 3.8) is 0 Å². The Morgan fingerprint density at radius 3 is 2.33 bits per heavy atom. The normalized spacial score (nSPS) is 10.4. The van der Waals surface area contributed by atoms with E-state index in [-0.39, 0.29) is 0 Å². The van der Waals surface area contributed by atoms with Crippen molar-refractivity contribution in [1.82, 2.24) is 0 Å². The van der Waals surface area contributed by atoms with Crippen LogP contribution in [0.1, 0.15) is 5.56 Å². The molecule has 2 aromatic rings. The van der Waals surface area contributed by atoms with E-state index in [1.807, 2.05) is 24.3 Å². The van der Waals surface area contributed by atoms with Crippen LogP contribution in [0.4, 0.5) is 11.4 Å². The summed E-state index contributed by atoms with van der Waals surface area (Å²) in [7, 11) is 0. The van der Waals surface area contributed by atoms with Crippen molar-refractivity contribution in [3.05, 3.63) is 57.0 Å². The second-order valence-corrected chi connectivity index (χ2v) is 5.02. The second kappa shape index (κ2) is 5.70. The molecule has 0 aliphatic rings. The molecule has 2 rings (SSSR count). The van der Waals surface area contributed by atoms with Gasteiger partial charge in [-0.1, -0.05) is 53.0 Å². The maximum atomic E-state index is 6.07. The number of rotatable bonds is 3. The number of nitrogens with one attached hydrogen (secondary N) is 1. The van der Waals surface area contributed by atoms with Gasteiger partial charge in [0.05, 0.1) is 20.8 Å². The molecule has 0 spiro atoms. The van der Waals surface area contributed by atoms with Gasteiger partial charge < -0.3 is 11.1 Å². The van der Waals surface area contributed by atoms with Crippen LogP contribution in [0.15, 0.2) is 36.4 Å². The van der Waals surface area contributed by atoms with Crippen LogP contribution >= 0.6 is 34.8 Å². The van der Waals surface area contributed by atoms with Gasteiger partial charge in [-0.25, -0.2) is 0 Å². The van der Waals surface area contributed by atoms with E-state index >= 15 is 0 Å². The Balaban J connectivity index is 2.16. The smallest absolute Gasteiger partial charge is 0.0653 e. The number of anilines is 2. The molecule has 0 aromatic heterocycles. The van der Waals surface area contributed by atoms with Gasteiger partial charge in [0.1, 0.15) is 0 Å². The highest BCUT2D eigenvalue weighted by atomic mass is 35.5. The molecule has 0 aliphatic heterocycles. The second-order valence-electron chi connectivity index (χ2n) is 3.80. The van der Waals surface area contributed by atoms with Crippen LogP contribution in [0.3, 0.4) is 0 Å². The van der Waals surface area contributed by atoms with Crippen LogP contribution in [0.5, 0.6) is 0 Å². The minimum Gasteiger partial charge on any atom is -0.398 e. The summed E-state index contributed by atoms with van der Waals surface area (Å²) in [6.07, 6.45) is 0. The number of benzene rings is 2. The molecular weight excluding hydrogens is 291 g/mol. The quantitative estimate of drug-likeness (QED) is 0.629. The highest BCUT2D eigenvalue weighted by molar-refractivity contribution is 6.44. The van der Waals surface area contributed by atoms with E-state index in [0.29, 0.717) is 21.6 Å². The third kappa shape index (κ3) is 3.02. The van der Waals surface area contributed by atoms with Gasteiger partial charge in [-0.3, -0.25) is 0 Å². The molecule has 0 aliphatic carbocycles. The number of hydrogen-bond donors (Lipinski definition) is 2. The summed E-state index contributed by atoms with van der Waals surface area (Å²) in [5, 5.41) is 4.61. The molecule has 2 aromatic carbocycles. The first-order valence-corrected chi connectivity index (χ1v) is 6.43. The number of nitrogens with two attached hydrogens (primary N) is 1. The van der Waals surface area contributed by atoms with Gasteiger partial charge in [-0.2, -0.15) is 0 Å². The number of para-hydroxylation sites is 1. The zero-order valence-electron chi connectivity index (χ0n) is 9.38. The minimum atomic E-state index is 0.437. The zero-order valence-corrected chi connectivity index (χ0v) is 11.7. The largest absolute Gasteiger partial charge is 0.398 e. The van der Waals surface area contributed by atoms with Crippen molar-refractivity contribution < 1.29 is 0 Å². The van der Waals surface area contributed by atoms with E-state index in [1.165, 1.54) is 0 Å². The monoisotopic (exact) mass is 300 g/mol. The van der Waals surface area contributed by atoms with E-state index in [0.717, 1.165) is 16.9 Å². The van der Waals surface area contributed by atoms with Crippen LogP contribution in [0, 0.1) is 0 Å². The Hall–Kier alpha value is -1.09. The Morgan fingerprint density at radius 1 is 0.944 bits per heavy atom. The average Bonchev–Trinajstić information content (AvgIpc) is 2.34. The SMILES string of the molecule is Nc1ccccc1CNc1cc(Cl)c(Cl)cc1Cl. The van der Waals surface area contributed by atoms with Crippen molar-refractivity contribution in [2.75, 3.05) is 11.1 Å².